The van der Waals surface area contributed by atoms with Crippen LogP contribution in [0.2, 0.25) is 5.02 Å². The molecule has 1 aromatic carbocycles. The van der Waals surface area contributed by atoms with Crippen molar-refractivity contribution in [2.24, 2.45) is 0 Å². The second-order valence-corrected chi connectivity index (χ2v) is 6.27. The molecule has 0 aliphatic heterocycles. The zero-order valence-corrected chi connectivity index (χ0v) is 14.5. The van der Waals surface area contributed by atoms with E-state index in [1.165, 1.54) is 0 Å². The van der Waals surface area contributed by atoms with Gasteiger partial charge in [0, 0.05) is 29.2 Å². The number of pyridine rings is 1. The first-order chi connectivity index (χ1) is 11.6. The van der Waals surface area contributed by atoms with Crippen LogP contribution in [0.1, 0.15) is 11.5 Å². The van der Waals surface area contributed by atoms with Crippen LogP contribution in [0.25, 0.3) is 23.1 Å². The van der Waals surface area contributed by atoms with Crippen LogP contribution in [0.5, 0.6) is 0 Å². The molecule has 0 saturated carbocycles. The highest BCUT2D eigenvalue weighted by molar-refractivity contribution is 6.31. The number of fused-ring (bicyclic) bond motifs is 1. The highest BCUT2D eigenvalue weighted by atomic mass is 35.5. The molecule has 0 unspecified atom stereocenters. The summed E-state index contributed by atoms with van der Waals surface area (Å²) in [4.78, 5) is 6.82. The number of likely N-dealkylation sites (N-methyl/N-ethyl adjacent to an activating group) is 1. The first-order valence-electron chi connectivity index (χ1n) is 7.82. The summed E-state index contributed by atoms with van der Waals surface area (Å²) in [5.74, 6) is 0.801. The van der Waals surface area contributed by atoms with Crippen molar-refractivity contribution in [1.29, 1.82) is 0 Å². The number of anilines is 1. The van der Waals surface area contributed by atoms with Gasteiger partial charge in [0.15, 0.2) is 0 Å². The molecule has 0 spiro atoms. The van der Waals surface area contributed by atoms with Crippen molar-refractivity contribution in [3.8, 4) is 0 Å². The smallest absolute Gasteiger partial charge is 0.126 e. The molecule has 0 amide bonds. The van der Waals surface area contributed by atoms with Gasteiger partial charge in [0.05, 0.1) is 17.5 Å². The number of nitrogens with one attached hydrogen (secondary N) is 1. The van der Waals surface area contributed by atoms with E-state index in [1.54, 1.807) is 6.26 Å². The van der Waals surface area contributed by atoms with E-state index < -0.39 is 0 Å². The van der Waals surface area contributed by atoms with E-state index in [0.717, 1.165) is 41.1 Å². The molecule has 0 aliphatic carbocycles. The molecule has 0 aliphatic rings. The summed E-state index contributed by atoms with van der Waals surface area (Å²) in [6, 6.07) is 11.6. The fourth-order valence-electron chi connectivity index (χ4n) is 2.42. The van der Waals surface area contributed by atoms with Gasteiger partial charge in [0.1, 0.15) is 5.76 Å². The molecular formula is C19H20ClN3O. The van der Waals surface area contributed by atoms with Crippen molar-refractivity contribution in [1.82, 2.24) is 9.88 Å². The molecule has 2 heterocycles. The number of halogens is 1. The lowest BCUT2D eigenvalue weighted by Crippen LogP contribution is -2.20. The molecule has 5 heteroatoms. The highest BCUT2D eigenvalue weighted by Crippen LogP contribution is 2.27. The van der Waals surface area contributed by atoms with Crippen LogP contribution in [-0.2, 0) is 0 Å². The van der Waals surface area contributed by atoms with Crippen molar-refractivity contribution < 1.29 is 4.42 Å². The van der Waals surface area contributed by atoms with Crippen molar-refractivity contribution in [2.45, 2.75) is 0 Å². The minimum Gasteiger partial charge on any atom is -0.465 e. The van der Waals surface area contributed by atoms with Gasteiger partial charge in [-0.05, 0) is 62.6 Å². The molecule has 0 radical (unpaired) electrons. The maximum atomic E-state index is 6.15. The molecular weight excluding hydrogens is 322 g/mol. The van der Waals surface area contributed by atoms with Crippen LogP contribution in [0.4, 0.5) is 5.69 Å². The lowest BCUT2D eigenvalue weighted by molar-refractivity contribution is 0.425. The third-order valence-electron chi connectivity index (χ3n) is 3.63. The molecule has 4 nitrogen and oxygen atoms in total. The van der Waals surface area contributed by atoms with Gasteiger partial charge in [0.25, 0.3) is 0 Å². The zero-order chi connectivity index (χ0) is 16.9. The summed E-state index contributed by atoms with van der Waals surface area (Å²) < 4.78 is 5.33. The maximum absolute atomic E-state index is 6.15. The number of furan rings is 1. The SMILES string of the molecule is CN(C)CCNc1cc(/C=C/c2ccco2)nc2ccc(Cl)cc12. The zero-order valence-electron chi connectivity index (χ0n) is 13.8. The Hall–Kier alpha value is -2.30. The summed E-state index contributed by atoms with van der Waals surface area (Å²) in [6.07, 6.45) is 5.52. The number of hydrogen-bond donors (Lipinski definition) is 1. The molecule has 0 saturated heterocycles. The average Bonchev–Trinajstić information content (AvgIpc) is 3.06. The quantitative estimate of drug-likeness (QED) is 0.710. The number of aromatic nitrogens is 1. The first kappa shape index (κ1) is 16.6. The summed E-state index contributed by atoms with van der Waals surface area (Å²) in [5, 5.41) is 5.21. The molecule has 0 bridgehead atoms. The van der Waals surface area contributed by atoms with Crippen molar-refractivity contribution in [2.75, 3.05) is 32.5 Å². The number of rotatable bonds is 6. The lowest BCUT2D eigenvalue weighted by atomic mass is 10.1. The fraction of sp³-hybridized carbons (Fsp3) is 0.211. The minimum atomic E-state index is 0.707. The monoisotopic (exact) mass is 341 g/mol. The summed E-state index contributed by atoms with van der Waals surface area (Å²) in [5.41, 5.74) is 2.81. The van der Waals surface area contributed by atoms with E-state index in [2.05, 4.69) is 29.3 Å². The molecule has 1 N–H and O–H groups in total. The second kappa shape index (κ2) is 7.51. The van der Waals surface area contributed by atoms with E-state index >= 15 is 0 Å². The van der Waals surface area contributed by atoms with E-state index in [9.17, 15) is 0 Å². The van der Waals surface area contributed by atoms with Crippen LogP contribution in [0.15, 0.2) is 47.1 Å². The van der Waals surface area contributed by atoms with Gasteiger partial charge < -0.3 is 14.6 Å². The molecule has 0 fully saturated rings. The number of hydrogen-bond acceptors (Lipinski definition) is 4. The molecule has 3 rings (SSSR count). The fourth-order valence-corrected chi connectivity index (χ4v) is 2.59. The van der Waals surface area contributed by atoms with Gasteiger partial charge in [-0.25, -0.2) is 4.98 Å². The minimum absolute atomic E-state index is 0.707. The molecule has 124 valence electrons. The summed E-state index contributed by atoms with van der Waals surface area (Å²) >= 11 is 6.15. The molecule has 0 atom stereocenters. The predicted octanol–water partition coefficient (Wildman–Crippen LogP) is 4.63. The highest BCUT2D eigenvalue weighted by Gasteiger charge is 2.06. The van der Waals surface area contributed by atoms with Gasteiger partial charge in [-0.3, -0.25) is 0 Å². The Morgan fingerprint density at radius 3 is 2.83 bits per heavy atom. The molecule has 2 aromatic heterocycles. The van der Waals surface area contributed by atoms with Gasteiger partial charge >= 0.3 is 0 Å². The van der Waals surface area contributed by atoms with Crippen LogP contribution >= 0.6 is 11.6 Å². The largest absolute Gasteiger partial charge is 0.465 e. The lowest BCUT2D eigenvalue weighted by Gasteiger charge is -2.14. The predicted molar refractivity (Wildman–Crippen MR) is 101 cm³/mol. The third kappa shape index (κ3) is 4.16. The topological polar surface area (TPSA) is 41.3 Å². The van der Waals surface area contributed by atoms with Gasteiger partial charge in [0.2, 0.25) is 0 Å². The average molecular weight is 342 g/mol. The van der Waals surface area contributed by atoms with Gasteiger partial charge in [-0.15, -0.1) is 0 Å². The van der Waals surface area contributed by atoms with Crippen LogP contribution in [0, 0.1) is 0 Å². The second-order valence-electron chi connectivity index (χ2n) is 5.83. The normalized spacial score (nSPS) is 11.7. The van der Waals surface area contributed by atoms with Crippen molar-refractivity contribution >= 4 is 40.3 Å². The standard InChI is InChI=1S/C19H20ClN3O/c1-23(2)10-9-21-19-13-15(6-7-16-4-3-11-24-16)22-18-8-5-14(20)12-17(18)19/h3-8,11-13H,9-10H2,1-2H3,(H,21,22)/b7-6+. The Morgan fingerprint density at radius 2 is 2.08 bits per heavy atom. The van der Waals surface area contributed by atoms with Gasteiger partial charge in [-0.1, -0.05) is 11.6 Å². The van der Waals surface area contributed by atoms with Crippen LogP contribution in [-0.4, -0.2) is 37.1 Å². The van der Waals surface area contributed by atoms with Gasteiger partial charge in [-0.2, -0.15) is 0 Å². The summed E-state index contributed by atoms with van der Waals surface area (Å²) in [7, 11) is 4.11. The van der Waals surface area contributed by atoms with Crippen molar-refractivity contribution in [3.63, 3.8) is 0 Å². The van der Waals surface area contributed by atoms with E-state index in [0.29, 0.717) is 5.02 Å². The number of benzene rings is 1. The Bertz CT molecular complexity index is 841. The molecule has 24 heavy (non-hydrogen) atoms. The third-order valence-corrected chi connectivity index (χ3v) is 3.86. The summed E-state index contributed by atoms with van der Waals surface area (Å²) in [6.45, 7) is 1.79. The number of nitrogens with zero attached hydrogens (tertiary/aromatic N) is 2. The van der Waals surface area contributed by atoms with Crippen LogP contribution < -0.4 is 5.32 Å². The molecule has 3 aromatic rings. The Balaban J connectivity index is 1.94. The van der Waals surface area contributed by atoms with E-state index in [1.807, 2.05) is 48.6 Å². The Labute approximate surface area is 146 Å². The maximum Gasteiger partial charge on any atom is 0.126 e. The van der Waals surface area contributed by atoms with Crippen LogP contribution in [0.3, 0.4) is 0 Å². The van der Waals surface area contributed by atoms with Crippen molar-refractivity contribution in [3.05, 3.63) is 59.1 Å². The Kier molecular flexibility index (Phi) is 5.18. The Morgan fingerprint density at radius 1 is 1.21 bits per heavy atom. The van der Waals surface area contributed by atoms with E-state index in [-0.39, 0.29) is 0 Å². The first-order valence-corrected chi connectivity index (χ1v) is 8.20. The van der Waals surface area contributed by atoms with E-state index in [4.69, 9.17) is 16.0 Å².